The number of fused-ring (bicyclic) bond motifs is 1. The highest BCUT2D eigenvalue weighted by Crippen LogP contribution is 2.37. The predicted molar refractivity (Wildman–Crippen MR) is 121 cm³/mol. The summed E-state index contributed by atoms with van der Waals surface area (Å²) in [5.74, 6) is 1.66. The monoisotopic (exact) mass is 481 g/mol. The van der Waals surface area contributed by atoms with E-state index in [0.717, 1.165) is 37.2 Å². The van der Waals surface area contributed by atoms with Crippen molar-refractivity contribution in [3.63, 3.8) is 0 Å². The van der Waals surface area contributed by atoms with Gasteiger partial charge in [-0.25, -0.2) is 4.98 Å². The number of para-hydroxylation sites is 1. The van der Waals surface area contributed by atoms with Gasteiger partial charge in [0.25, 0.3) is 0 Å². The second kappa shape index (κ2) is 8.84. The molecular weight excluding hydrogens is 455 g/mol. The van der Waals surface area contributed by atoms with E-state index in [9.17, 15) is 23.1 Å². The van der Waals surface area contributed by atoms with E-state index in [1.165, 1.54) is 6.07 Å². The lowest BCUT2D eigenvalue weighted by Crippen LogP contribution is -2.51. The average molecular weight is 482 g/mol. The number of carbonyl (C=O) groups excluding carboxylic acids is 1. The molecule has 33 heavy (non-hydrogen) atoms. The first kappa shape index (κ1) is 22.5. The van der Waals surface area contributed by atoms with E-state index < -0.39 is 11.9 Å². The molecule has 3 saturated heterocycles. The number of rotatable bonds is 3. The Labute approximate surface area is 193 Å². The summed E-state index contributed by atoms with van der Waals surface area (Å²) in [6.07, 6.45) is -3.85. The number of halogens is 3. The summed E-state index contributed by atoms with van der Waals surface area (Å²) in [5, 5.41) is 14.0. The number of carbonyl (C=O) groups is 1. The van der Waals surface area contributed by atoms with Crippen LogP contribution in [0, 0.1) is 0 Å². The predicted octanol–water partition coefficient (Wildman–Crippen LogP) is 2.34. The number of benzene rings is 1. The van der Waals surface area contributed by atoms with Crippen molar-refractivity contribution in [3.8, 4) is 5.75 Å². The maximum absolute atomic E-state index is 13.5. The van der Waals surface area contributed by atoms with Crippen LogP contribution in [0.2, 0.25) is 0 Å². The number of pyridine rings is 1. The zero-order chi connectivity index (χ0) is 23.2. The fourth-order valence-corrected chi connectivity index (χ4v) is 5.90. The number of aromatic hydroxyl groups is 1. The van der Waals surface area contributed by atoms with Crippen molar-refractivity contribution in [2.75, 3.05) is 55.8 Å². The van der Waals surface area contributed by atoms with Crippen molar-refractivity contribution < 1.29 is 23.1 Å². The van der Waals surface area contributed by atoms with Crippen LogP contribution >= 0.6 is 11.8 Å². The summed E-state index contributed by atoms with van der Waals surface area (Å²) >= 11 is 1.77. The highest BCUT2D eigenvalue weighted by atomic mass is 32.2. The molecule has 11 heteroatoms. The Morgan fingerprint density at radius 3 is 2.67 bits per heavy atom. The SMILES string of the molecule is O=C([C@@H]1C[C@H](N2CCN(c3cc(C(F)(F)F)nc4c(O)cccc34)CC2)CN1)N1CCSC1. The van der Waals surface area contributed by atoms with Gasteiger partial charge in [0.15, 0.2) is 0 Å². The van der Waals surface area contributed by atoms with Gasteiger partial charge in [-0.2, -0.15) is 13.2 Å². The number of nitrogens with zero attached hydrogens (tertiary/aromatic N) is 4. The van der Waals surface area contributed by atoms with Crippen LogP contribution in [0.15, 0.2) is 24.3 Å². The van der Waals surface area contributed by atoms with Gasteiger partial charge in [-0.1, -0.05) is 12.1 Å². The van der Waals surface area contributed by atoms with Gasteiger partial charge < -0.3 is 20.2 Å². The molecule has 1 aromatic carbocycles. The molecule has 2 N–H and O–H groups in total. The number of phenolic OH excluding ortho intramolecular Hbond substituents is 1. The quantitative estimate of drug-likeness (QED) is 0.698. The minimum absolute atomic E-state index is 0.0359. The zero-order valence-corrected chi connectivity index (χ0v) is 18.8. The summed E-state index contributed by atoms with van der Waals surface area (Å²) in [4.78, 5) is 22.5. The van der Waals surface area contributed by atoms with Crippen LogP contribution in [-0.4, -0.2) is 88.8 Å². The molecule has 0 spiro atoms. The molecule has 5 rings (SSSR count). The Morgan fingerprint density at radius 1 is 1.18 bits per heavy atom. The van der Waals surface area contributed by atoms with Gasteiger partial charge in [0, 0.05) is 62.1 Å². The number of anilines is 1. The maximum Gasteiger partial charge on any atom is 0.433 e. The standard InChI is InChI=1S/C22H26F3N5O2S/c23-22(24,25)19-11-17(15-2-1-3-18(31)20(15)27-19)29-6-4-28(5-7-29)14-10-16(26-12-14)21(32)30-8-9-33-13-30/h1-3,11,14,16,26,31H,4-10,12-13H2/t14-,16-/m0/s1. The third-order valence-corrected chi connectivity index (χ3v) is 7.69. The lowest BCUT2D eigenvalue weighted by atomic mass is 10.1. The number of thioether (sulfide) groups is 1. The Hall–Kier alpha value is -2.24. The van der Waals surface area contributed by atoms with E-state index in [1.807, 2.05) is 9.80 Å². The van der Waals surface area contributed by atoms with Gasteiger partial charge in [-0.3, -0.25) is 9.69 Å². The van der Waals surface area contributed by atoms with E-state index in [4.69, 9.17) is 0 Å². The third kappa shape index (κ3) is 4.45. The fourth-order valence-electron chi connectivity index (χ4n) is 4.94. The Morgan fingerprint density at radius 2 is 1.97 bits per heavy atom. The molecule has 0 bridgehead atoms. The highest BCUT2D eigenvalue weighted by Gasteiger charge is 2.38. The molecule has 0 radical (unpaired) electrons. The van der Waals surface area contributed by atoms with Crippen LogP contribution in [0.3, 0.4) is 0 Å². The first-order valence-electron chi connectivity index (χ1n) is 11.1. The Kier molecular flexibility index (Phi) is 6.04. The average Bonchev–Trinajstić information content (AvgIpc) is 3.51. The van der Waals surface area contributed by atoms with Gasteiger partial charge in [-0.15, -0.1) is 11.8 Å². The van der Waals surface area contributed by atoms with Crippen LogP contribution in [0.25, 0.3) is 10.9 Å². The van der Waals surface area contributed by atoms with Crippen molar-refractivity contribution in [1.82, 2.24) is 20.1 Å². The van der Waals surface area contributed by atoms with E-state index in [-0.39, 0.29) is 29.3 Å². The zero-order valence-electron chi connectivity index (χ0n) is 18.0. The normalized spacial score (nSPS) is 24.7. The molecule has 4 heterocycles. The molecule has 3 aliphatic rings. The summed E-state index contributed by atoms with van der Waals surface area (Å²) in [6.45, 7) is 4.05. The Bertz CT molecular complexity index is 1040. The molecular formula is C22H26F3N5O2S. The molecule has 0 saturated carbocycles. The lowest BCUT2D eigenvalue weighted by Gasteiger charge is -2.39. The number of nitrogens with one attached hydrogen (secondary N) is 1. The molecule has 1 aromatic heterocycles. The van der Waals surface area contributed by atoms with E-state index in [0.29, 0.717) is 37.3 Å². The molecule has 1 amide bonds. The minimum atomic E-state index is -4.60. The number of hydrogen-bond acceptors (Lipinski definition) is 7. The van der Waals surface area contributed by atoms with Crippen LogP contribution in [0.4, 0.5) is 18.9 Å². The smallest absolute Gasteiger partial charge is 0.433 e. The third-order valence-electron chi connectivity index (χ3n) is 6.73. The highest BCUT2D eigenvalue weighted by molar-refractivity contribution is 7.99. The first-order valence-corrected chi connectivity index (χ1v) is 12.3. The minimum Gasteiger partial charge on any atom is -0.506 e. The van der Waals surface area contributed by atoms with Gasteiger partial charge in [0.05, 0.1) is 11.9 Å². The van der Waals surface area contributed by atoms with Crippen LogP contribution in [0.5, 0.6) is 5.75 Å². The van der Waals surface area contributed by atoms with Crippen LogP contribution in [0.1, 0.15) is 12.1 Å². The molecule has 0 unspecified atom stereocenters. The molecule has 2 atom stereocenters. The van der Waals surface area contributed by atoms with E-state index in [2.05, 4.69) is 15.2 Å². The van der Waals surface area contributed by atoms with Crippen molar-refractivity contribution in [3.05, 3.63) is 30.0 Å². The van der Waals surface area contributed by atoms with Gasteiger partial charge in [-0.05, 0) is 18.6 Å². The molecule has 3 fully saturated rings. The summed E-state index contributed by atoms with van der Waals surface area (Å²) in [6, 6.07) is 5.82. The number of alkyl halides is 3. The topological polar surface area (TPSA) is 71.9 Å². The second-order valence-electron chi connectivity index (χ2n) is 8.71. The number of aromatic nitrogens is 1. The van der Waals surface area contributed by atoms with Gasteiger partial charge in [0.2, 0.25) is 5.91 Å². The fraction of sp³-hybridized carbons (Fsp3) is 0.545. The van der Waals surface area contributed by atoms with Crippen LogP contribution in [-0.2, 0) is 11.0 Å². The molecule has 2 aromatic rings. The number of phenols is 1. The van der Waals surface area contributed by atoms with Crippen molar-refractivity contribution in [2.24, 2.45) is 0 Å². The molecule has 178 valence electrons. The van der Waals surface area contributed by atoms with E-state index >= 15 is 0 Å². The van der Waals surface area contributed by atoms with Crippen LogP contribution < -0.4 is 10.2 Å². The summed E-state index contributed by atoms with van der Waals surface area (Å²) < 4.78 is 40.4. The number of piperazine rings is 1. The molecule has 0 aliphatic carbocycles. The van der Waals surface area contributed by atoms with Gasteiger partial charge in [0.1, 0.15) is 17.0 Å². The second-order valence-corrected chi connectivity index (χ2v) is 9.78. The largest absolute Gasteiger partial charge is 0.506 e. The molecule has 7 nitrogen and oxygen atoms in total. The lowest BCUT2D eigenvalue weighted by molar-refractivity contribution is -0.141. The van der Waals surface area contributed by atoms with Crippen molar-refractivity contribution in [2.45, 2.75) is 24.7 Å². The van der Waals surface area contributed by atoms with Gasteiger partial charge >= 0.3 is 6.18 Å². The Balaban J connectivity index is 1.29. The first-order chi connectivity index (χ1) is 15.8. The number of amides is 1. The maximum atomic E-state index is 13.5. The summed E-state index contributed by atoms with van der Waals surface area (Å²) in [7, 11) is 0. The molecule has 3 aliphatic heterocycles. The number of hydrogen-bond donors (Lipinski definition) is 2. The van der Waals surface area contributed by atoms with Crippen molar-refractivity contribution >= 4 is 34.3 Å². The van der Waals surface area contributed by atoms with Crippen molar-refractivity contribution in [1.29, 1.82) is 0 Å². The van der Waals surface area contributed by atoms with E-state index in [1.54, 1.807) is 23.9 Å². The summed E-state index contributed by atoms with van der Waals surface area (Å²) in [5.41, 5.74) is -0.603.